The van der Waals surface area contributed by atoms with E-state index in [1.54, 1.807) is 11.8 Å². The lowest BCUT2D eigenvalue weighted by atomic mass is 10.1. The van der Waals surface area contributed by atoms with Gasteiger partial charge in [-0.25, -0.2) is 0 Å². The number of nitrogens with zero attached hydrogens (tertiary/aromatic N) is 1. The third-order valence-corrected chi connectivity index (χ3v) is 3.75. The van der Waals surface area contributed by atoms with E-state index in [-0.39, 0.29) is 0 Å². The van der Waals surface area contributed by atoms with Crippen LogP contribution < -0.4 is 10.6 Å². The summed E-state index contributed by atoms with van der Waals surface area (Å²) in [6.07, 6.45) is 2.08. The fraction of sp³-hybridized carbons (Fsp3) is 0.200. The Morgan fingerprint density at radius 1 is 1.06 bits per heavy atom. The molecule has 0 aliphatic rings. The molecule has 18 heavy (non-hydrogen) atoms. The smallest absolute Gasteiger partial charge is 0.0644 e. The average Bonchev–Trinajstić information content (AvgIpc) is 2.41. The number of rotatable bonds is 3. The SMILES string of the molecule is CSc1ccc(N(C)c2cc(C)ccc2N)cc1. The van der Waals surface area contributed by atoms with Crippen molar-refractivity contribution in [1.82, 2.24) is 0 Å². The highest BCUT2D eigenvalue weighted by atomic mass is 32.2. The van der Waals surface area contributed by atoms with Gasteiger partial charge in [0.2, 0.25) is 0 Å². The first-order valence-corrected chi connectivity index (χ1v) is 7.08. The summed E-state index contributed by atoms with van der Waals surface area (Å²) in [7, 11) is 2.04. The molecule has 0 atom stereocenters. The van der Waals surface area contributed by atoms with E-state index in [0.29, 0.717) is 0 Å². The summed E-state index contributed by atoms with van der Waals surface area (Å²) in [5.74, 6) is 0. The van der Waals surface area contributed by atoms with E-state index >= 15 is 0 Å². The lowest BCUT2D eigenvalue weighted by Gasteiger charge is -2.22. The van der Waals surface area contributed by atoms with Crippen LogP contribution in [0.1, 0.15) is 5.56 Å². The second-order valence-electron chi connectivity index (χ2n) is 4.32. The van der Waals surface area contributed by atoms with Gasteiger partial charge in [0.15, 0.2) is 0 Å². The van der Waals surface area contributed by atoms with E-state index in [4.69, 9.17) is 5.73 Å². The van der Waals surface area contributed by atoms with Crippen molar-refractivity contribution in [3.05, 3.63) is 48.0 Å². The Bertz CT molecular complexity index is 535. The van der Waals surface area contributed by atoms with Crippen LogP contribution in [0.15, 0.2) is 47.4 Å². The lowest BCUT2D eigenvalue weighted by molar-refractivity contribution is 1.20. The summed E-state index contributed by atoms with van der Waals surface area (Å²) >= 11 is 1.75. The first kappa shape index (κ1) is 12.8. The lowest BCUT2D eigenvalue weighted by Crippen LogP contribution is -2.11. The fourth-order valence-corrected chi connectivity index (χ4v) is 2.30. The molecule has 0 bridgehead atoms. The first-order chi connectivity index (χ1) is 8.61. The third kappa shape index (κ3) is 2.62. The van der Waals surface area contributed by atoms with Crippen LogP contribution in [0.3, 0.4) is 0 Å². The minimum Gasteiger partial charge on any atom is -0.397 e. The number of benzene rings is 2. The van der Waals surface area contributed by atoms with Crippen molar-refractivity contribution in [1.29, 1.82) is 0 Å². The second kappa shape index (κ2) is 5.36. The first-order valence-electron chi connectivity index (χ1n) is 5.85. The monoisotopic (exact) mass is 258 g/mol. The number of anilines is 3. The van der Waals surface area contributed by atoms with Crippen molar-refractivity contribution in [2.24, 2.45) is 0 Å². The van der Waals surface area contributed by atoms with Crippen molar-refractivity contribution in [2.75, 3.05) is 23.9 Å². The molecule has 0 aliphatic carbocycles. The summed E-state index contributed by atoms with van der Waals surface area (Å²) < 4.78 is 0. The summed E-state index contributed by atoms with van der Waals surface area (Å²) in [5, 5.41) is 0. The molecule has 0 aromatic heterocycles. The summed E-state index contributed by atoms with van der Waals surface area (Å²) in [6, 6.07) is 14.6. The Hall–Kier alpha value is -1.61. The van der Waals surface area contributed by atoms with Crippen molar-refractivity contribution < 1.29 is 0 Å². The van der Waals surface area contributed by atoms with Crippen LogP contribution in [0, 0.1) is 6.92 Å². The van der Waals surface area contributed by atoms with Crippen molar-refractivity contribution in [3.63, 3.8) is 0 Å². The highest BCUT2D eigenvalue weighted by molar-refractivity contribution is 7.98. The molecule has 2 aromatic carbocycles. The molecule has 0 saturated heterocycles. The summed E-state index contributed by atoms with van der Waals surface area (Å²) in [6.45, 7) is 2.08. The van der Waals surface area contributed by atoms with Crippen LogP contribution in [0.25, 0.3) is 0 Å². The molecule has 0 radical (unpaired) electrons. The molecule has 2 rings (SSSR count). The average molecular weight is 258 g/mol. The predicted molar refractivity (Wildman–Crippen MR) is 81.9 cm³/mol. The van der Waals surface area contributed by atoms with E-state index in [1.165, 1.54) is 10.5 Å². The summed E-state index contributed by atoms with van der Waals surface area (Å²) in [5.41, 5.74) is 10.2. The molecule has 2 aromatic rings. The maximum absolute atomic E-state index is 6.04. The maximum atomic E-state index is 6.04. The van der Waals surface area contributed by atoms with Gasteiger partial charge < -0.3 is 10.6 Å². The van der Waals surface area contributed by atoms with Crippen LogP contribution in [0.2, 0.25) is 0 Å². The molecule has 0 heterocycles. The molecule has 2 N–H and O–H groups in total. The number of thioether (sulfide) groups is 1. The van der Waals surface area contributed by atoms with E-state index in [1.807, 2.05) is 19.2 Å². The van der Waals surface area contributed by atoms with E-state index in [2.05, 4.69) is 48.4 Å². The predicted octanol–water partition coefficient (Wildman–Crippen LogP) is 4.07. The number of nitrogen functional groups attached to an aromatic ring is 1. The Morgan fingerprint density at radius 3 is 2.33 bits per heavy atom. The van der Waals surface area contributed by atoms with Gasteiger partial charge in [-0.1, -0.05) is 6.07 Å². The quantitative estimate of drug-likeness (QED) is 0.665. The van der Waals surface area contributed by atoms with Crippen LogP contribution in [0.4, 0.5) is 17.1 Å². The molecule has 94 valence electrons. The van der Waals surface area contributed by atoms with Gasteiger partial charge in [0.05, 0.1) is 11.4 Å². The number of hydrogen-bond donors (Lipinski definition) is 1. The number of hydrogen-bond acceptors (Lipinski definition) is 3. The largest absolute Gasteiger partial charge is 0.397 e. The van der Waals surface area contributed by atoms with Crippen LogP contribution in [0.5, 0.6) is 0 Å². The topological polar surface area (TPSA) is 29.3 Å². The van der Waals surface area contributed by atoms with Crippen LogP contribution in [-0.2, 0) is 0 Å². The molecule has 0 aliphatic heterocycles. The van der Waals surface area contributed by atoms with Crippen molar-refractivity contribution in [2.45, 2.75) is 11.8 Å². The molecule has 0 unspecified atom stereocenters. The van der Waals surface area contributed by atoms with Gasteiger partial charge in [-0.05, 0) is 55.1 Å². The minimum atomic E-state index is 0.803. The third-order valence-electron chi connectivity index (χ3n) is 3.01. The molecule has 0 spiro atoms. The number of aryl methyl sites for hydroxylation is 1. The zero-order valence-corrected chi connectivity index (χ0v) is 11.8. The van der Waals surface area contributed by atoms with Gasteiger partial charge in [-0.2, -0.15) is 0 Å². The van der Waals surface area contributed by atoms with Gasteiger partial charge >= 0.3 is 0 Å². The second-order valence-corrected chi connectivity index (χ2v) is 5.20. The number of nitrogens with two attached hydrogens (primary N) is 1. The van der Waals surface area contributed by atoms with E-state index < -0.39 is 0 Å². The maximum Gasteiger partial charge on any atom is 0.0644 e. The zero-order chi connectivity index (χ0) is 13.1. The highest BCUT2D eigenvalue weighted by Gasteiger charge is 2.07. The molecule has 0 saturated carbocycles. The van der Waals surface area contributed by atoms with Crippen molar-refractivity contribution in [3.8, 4) is 0 Å². The molecule has 2 nitrogen and oxygen atoms in total. The standard InChI is InChI=1S/C15H18N2S/c1-11-4-9-14(16)15(10-11)17(2)12-5-7-13(18-3)8-6-12/h4-10H,16H2,1-3H3. The molecular formula is C15H18N2S. The normalized spacial score (nSPS) is 10.4. The fourth-order valence-electron chi connectivity index (χ4n) is 1.89. The Labute approximate surface area is 113 Å². The van der Waals surface area contributed by atoms with E-state index in [9.17, 15) is 0 Å². The van der Waals surface area contributed by atoms with Gasteiger partial charge in [0.1, 0.15) is 0 Å². The molecule has 0 fully saturated rings. The van der Waals surface area contributed by atoms with Crippen LogP contribution in [-0.4, -0.2) is 13.3 Å². The van der Waals surface area contributed by atoms with Gasteiger partial charge in [-0.15, -0.1) is 11.8 Å². The minimum absolute atomic E-state index is 0.803. The Morgan fingerprint density at radius 2 is 1.72 bits per heavy atom. The van der Waals surface area contributed by atoms with Crippen LogP contribution >= 0.6 is 11.8 Å². The Balaban J connectivity index is 2.34. The summed E-state index contributed by atoms with van der Waals surface area (Å²) in [4.78, 5) is 3.39. The highest BCUT2D eigenvalue weighted by Crippen LogP contribution is 2.30. The molecular weight excluding hydrogens is 240 g/mol. The van der Waals surface area contributed by atoms with E-state index in [0.717, 1.165) is 17.1 Å². The molecule has 3 heteroatoms. The Kier molecular flexibility index (Phi) is 3.82. The zero-order valence-electron chi connectivity index (χ0n) is 11.0. The van der Waals surface area contributed by atoms with Gasteiger partial charge in [-0.3, -0.25) is 0 Å². The van der Waals surface area contributed by atoms with Gasteiger partial charge in [0.25, 0.3) is 0 Å². The van der Waals surface area contributed by atoms with Gasteiger partial charge in [0, 0.05) is 17.6 Å². The molecule has 0 amide bonds. The van der Waals surface area contributed by atoms with Crippen molar-refractivity contribution >= 4 is 28.8 Å².